The number of carboxylic acids is 1. The van der Waals surface area contributed by atoms with E-state index < -0.39 is 11.4 Å². The van der Waals surface area contributed by atoms with Crippen LogP contribution >= 0.6 is 0 Å². The summed E-state index contributed by atoms with van der Waals surface area (Å²) in [5.41, 5.74) is -0.747. The minimum atomic E-state index is -0.803. The number of carbonyl (C=O) groups is 2. The summed E-state index contributed by atoms with van der Waals surface area (Å²) in [6.07, 6.45) is 14.2. The molecule has 1 heterocycles. The monoisotopic (exact) mass is 338 g/mol. The molecule has 0 aliphatic carbocycles. The molecule has 2 atom stereocenters. The maximum atomic E-state index is 12.0. The van der Waals surface area contributed by atoms with Gasteiger partial charge in [-0.15, -0.1) is 0 Å². The summed E-state index contributed by atoms with van der Waals surface area (Å²) in [6.45, 7) is 5.63. The fraction of sp³-hybridized carbons (Fsp3) is 0.800. The minimum Gasteiger partial charge on any atom is -0.481 e. The van der Waals surface area contributed by atoms with E-state index in [0.717, 1.165) is 12.8 Å². The molecule has 1 aliphatic rings. The first-order valence-corrected chi connectivity index (χ1v) is 9.47. The summed E-state index contributed by atoms with van der Waals surface area (Å²) >= 11 is 0. The summed E-state index contributed by atoms with van der Waals surface area (Å²) in [5, 5.41) is 9.03. The number of carboxylic acid groups (broad SMARTS) is 1. The molecule has 24 heavy (non-hydrogen) atoms. The normalized spacial score (nSPS) is 20.5. The Morgan fingerprint density at radius 1 is 1.08 bits per heavy atom. The molecule has 0 spiro atoms. The number of hydrogen-bond donors (Lipinski definition) is 1. The predicted molar refractivity (Wildman–Crippen MR) is 96.1 cm³/mol. The van der Waals surface area contributed by atoms with Crippen LogP contribution in [-0.4, -0.2) is 29.1 Å². The van der Waals surface area contributed by atoms with Crippen molar-refractivity contribution in [1.29, 1.82) is 0 Å². The van der Waals surface area contributed by atoms with Gasteiger partial charge in [0.2, 0.25) is 0 Å². The van der Waals surface area contributed by atoms with Crippen LogP contribution in [-0.2, 0) is 14.3 Å². The maximum Gasteiger partial charge on any atom is 0.309 e. The number of rotatable bonds is 14. The van der Waals surface area contributed by atoms with E-state index in [1.807, 2.05) is 0 Å². The van der Waals surface area contributed by atoms with Gasteiger partial charge in [-0.05, 0) is 39.2 Å². The Kier molecular flexibility index (Phi) is 9.27. The Bertz CT molecular complexity index is 425. The topological polar surface area (TPSA) is 66.9 Å². The smallest absolute Gasteiger partial charge is 0.309 e. The van der Waals surface area contributed by atoms with Gasteiger partial charge < -0.3 is 9.84 Å². The number of ketones is 1. The third kappa shape index (κ3) is 8.09. The molecule has 1 fully saturated rings. The van der Waals surface area contributed by atoms with Gasteiger partial charge in [-0.1, -0.05) is 57.9 Å². The zero-order chi connectivity index (χ0) is 18.0. The van der Waals surface area contributed by atoms with E-state index in [1.165, 1.54) is 38.5 Å². The van der Waals surface area contributed by atoms with Crippen LogP contribution in [0.25, 0.3) is 0 Å². The molecule has 0 bridgehead atoms. The molecular weight excluding hydrogens is 304 g/mol. The first kappa shape index (κ1) is 20.9. The van der Waals surface area contributed by atoms with Crippen LogP contribution in [0.15, 0.2) is 12.2 Å². The number of hydrogen-bond acceptors (Lipinski definition) is 3. The number of unbranched alkanes of at least 4 members (excludes halogenated alkanes) is 6. The Morgan fingerprint density at radius 3 is 2.33 bits per heavy atom. The molecular formula is C20H34O4. The molecule has 1 aliphatic heterocycles. The highest BCUT2D eigenvalue weighted by molar-refractivity contribution is 5.95. The molecule has 0 aromatic heterocycles. The Labute approximate surface area is 146 Å². The molecule has 2 unspecified atom stereocenters. The molecule has 0 aromatic rings. The van der Waals surface area contributed by atoms with Crippen molar-refractivity contribution in [3.05, 3.63) is 12.2 Å². The SMILES string of the molecule is CCCCCCCCCC1OC1C(=O)/C=C\CCC(C)(C)C(=O)O. The van der Waals surface area contributed by atoms with Crippen LogP contribution in [0.4, 0.5) is 0 Å². The van der Waals surface area contributed by atoms with Crippen LogP contribution in [0.1, 0.15) is 85.0 Å². The van der Waals surface area contributed by atoms with Crippen molar-refractivity contribution >= 4 is 11.8 Å². The molecule has 0 radical (unpaired) electrons. The first-order valence-electron chi connectivity index (χ1n) is 9.47. The number of carbonyl (C=O) groups excluding carboxylic acids is 1. The van der Waals surface area contributed by atoms with Crippen molar-refractivity contribution in [3.63, 3.8) is 0 Å². The van der Waals surface area contributed by atoms with Gasteiger partial charge in [-0.25, -0.2) is 0 Å². The molecule has 138 valence electrons. The lowest BCUT2D eigenvalue weighted by Gasteiger charge is -2.17. The number of aliphatic carboxylic acids is 1. The third-order valence-corrected chi connectivity index (χ3v) is 4.75. The highest BCUT2D eigenvalue weighted by Crippen LogP contribution is 2.29. The van der Waals surface area contributed by atoms with Gasteiger partial charge in [0.25, 0.3) is 0 Å². The van der Waals surface area contributed by atoms with Gasteiger partial charge in [0.1, 0.15) is 6.10 Å². The van der Waals surface area contributed by atoms with Crippen molar-refractivity contribution in [2.75, 3.05) is 0 Å². The van der Waals surface area contributed by atoms with Crippen molar-refractivity contribution in [2.24, 2.45) is 5.41 Å². The lowest BCUT2D eigenvalue weighted by Crippen LogP contribution is -2.23. The number of ether oxygens (including phenoxy) is 1. The predicted octanol–water partition coefficient (Wildman–Crippen LogP) is 4.91. The van der Waals surface area contributed by atoms with E-state index >= 15 is 0 Å². The Balaban J connectivity index is 2.07. The largest absolute Gasteiger partial charge is 0.481 e. The summed E-state index contributed by atoms with van der Waals surface area (Å²) in [7, 11) is 0. The van der Waals surface area contributed by atoms with E-state index in [9.17, 15) is 9.59 Å². The van der Waals surface area contributed by atoms with E-state index in [-0.39, 0.29) is 18.0 Å². The van der Waals surface area contributed by atoms with Gasteiger partial charge in [0.05, 0.1) is 11.5 Å². The van der Waals surface area contributed by atoms with E-state index in [4.69, 9.17) is 9.84 Å². The standard InChI is InChI=1S/C20H34O4/c1-4-5-6-7-8-9-10-14-17-18(24-17)16(21)13-11-12-15-20(2,3)19(22)23/h11,13,17-18H,4-10,12,14-15H2,1-3H3,(H,22,23)/b13-11-. The molecule has 1 rings (SSSR count). The minimum absolute atomic E-state index is 0.0241. The molecule has 0 aromatic carbocycles. The Morgan fingerprint density at radius 2 is 1.71 bits per heavy atom. The van der Waals surface area contributed by atoms with Crippen molar-refractivity contribution in [2.45, 2.75) is 97.2 Å². The van der Waals surface area contributed by atoms with Crippen LogP contribution in [0.3, 0.4) is 0 Å². The lowest BCUT2D eigenvalue weighted by molar-refractivity contribution is -0.147. The fourth-order valence-electron chi connectivity index (χ4n) is 2.76. The fourth-order valence-corrected chi connectivity index (χ4v) is 2.76. The second-order valence-corrected chi connectivity index (χ2v) is 7.54. The highest BCUT2D eigenvalue weighted by atomic mass is 16.6. The van der Waals surface area contributed by atoms with Gasteiger partial charge in [0.15, 0.2) is 5.78 Å². The maximum absolute atomic E-state index is 12.0. The van der Waals surface area contributed by atoms with Gasteiger partial charge in [0, 0.05) is 0 Å². The molecule has 0 saturated carbocycles. The van der Waals surface area contributed by atoms with Gasteiger partial charge in [-0.3, -0.25) is 9.59 Å². The van der Waals surface area contributed by atoms with Crippen LogP contribution in [0.2, 0.25) is 0 Å². The second-order valence-electron chi connectivity index (χ2n) is 7.54. The molecule has 0 amide bonds. The van der Waals surface area contributed by atoms with Crippen molar-refractivity contribution in [3.8, 4) is 0 Å². The van der Waals surface area contributed by atoms with Crippen LogP contribution in [0.5, 0.6) is 0 Å². The number of allylic oxidation sites excluding steroid dienone is 1. The molecule has 4 nitrogen and oxygen atoms in total. The molecule has 4 heteroatoms. The zero-order valence-corrected chi connectivity index (χ0v) is 15.6. The summed E-state index contributed by atoms with van der Waals surface area (Å²) in [6, 6.07) is 0. The van der Waals surface area contributed by atoms with Gasteiger partial charge >= 0.3 is 5.97 Å². The molecule has 1 N–H and O–H groups in total. The van der Waals surface area contributed by atoms with Gasteiger partial charge in [-0.2, -0.15) is 0 Å². The Hall–Kier alpha value is -1.16. The van der Waals surface area contributed by atoms with Crippen LogP contribution < -0.4 is 0 Å². The average Bonchev–Trinajstić information content (AvgIpc) is 3.30. The first-order chi connectivity index (χ1) is 11.4. The summed E-state index contributed by atoms with van der Waals surface area (Å²) in [4.78, 5) is 23.0. The average molecular weight is 338 g/mol. The highest BCUT2D eigenvalue weighted by Gasteiger charge is 2.42. The quantitative estimate of drug-likeness (QED) is 0.277. The van der Waals surface area contributed by atoms with E-state index in [0.29, 0.717) is 12.8 Å². The zero-order valence-electron chi connectivity index (χ0n) is 15.6. The lowest BCUT2D eigenvalue weighted by atomic mass is 9.88. The van der Waals surface area contributed by atoms with E-state index in [1.54, 1.807) is 26.0 Å². The summed E-state index contributed by atoms with van der Waals surface area (Å²) in [5.74, 6) is -0.779. The number of epoxide rings is 1. The van der Waals surface area contributed by atoms with E-state index in [2.05, 4.69) is 6.92 Å². The van der Waals surface area contributed by atoms with Crippen LogP contribution in [0, 0.1) is 5.41 Å². The third-order valence-electron chi connectivity index (χ3n) is 4.75. The van der Waals surface area contributed by atoms with Crippen molar-refractivity contribution in [1.82, 2.24) is 0 Å². The van der Waals surface area contributed by atoms with Crippen molar-refractivity contribution < 1.29 is 19.4 Å². The summed E-state index contributed by atoms with van der Waals surface area (Å²) < 4.78 is 5.47. The molecule has 1 saturated heterocycles. The second kappa shape index (κ2) is 10.7.